The number of hydrogen-bond donors (Lipinski definition) is 1. The van der Waals surface area contributed by atoms with Gasteiger partial charge in [-0.3, -0.25) is 14.7 Å². The van der Waals surface area contributed by atoms with Crippen molar-refractivity contribution in [2.75, 3.05) is 18.0 Å². The zero-order valence-corrected chi connectivity index (χ0v) is 14.9. The summed E-state index contributed by atoms with van der Waals surface area (Å²) in [5.74, 6) is 1.30. The smallest absolute Gasteiger partial charge is 0.280 e. The third kappa shape index (κ3) is 3.55. The molecule has 0 saturated heterocycles. The van der Waals surface area contributed by atoms with Gasteiger partial charge in [0.05, 0.1) is 0 Å². The third-order valence-electron chi connectivity index (χ3n) is 4.13. The zero-order chi connectivity index (χ0) is 17.8. The van der Waals surface area contributed by atoms with Crippen molar-refractivity contribution in [2.45, 2.75) is 19.3 Å². The number of carbonyl (C=O) groups excluding carboxylic acids is 1. The zero-order valence-electron chi connectivity index (χ0n) is 14.1. The summed E-state index contributed by atoms with van der Waals surface area (Å²) in [4.78, 5) is 32.8. The molecule has 132 valence electrons. The largest absolute Gasteiger partial charge is 0.350 e. The topological polar surface area (TPSA) is 83.9 Å². The molecule has 4 rings (SSSR count). The Morgan fingerprint density at radius 3 is 2.92 bits per heavy atom. The Bertz CT molecular complexity index is 883. The summed E-state index contributed by atoms with van der Waals surface area (Å²) in [5, 5.41) is 3.43. The minimum atomic E-state index is -0.137. The maximum atomic E-state index is 12.5. The molecule has 4 heterocycles. The van der Waals surface area contributed by atoms with Gasteiger partial charge in [-0.1, -0.05) is 6.07 Å². The number of nitrogens with one attached hydrogen (secondary N) is 1. The fourth-order valence-electron chi connectivity index (χ4n) is 2.89. The van der Waals surface area contributed by atoms with Crippen molar-refractivity contribution < 1.29 is 4.79 Å². The minimum Gasteiger partial charge on any atom is -0.350 e. The highest BCUT2D eigenvalue weighted by Gasteiger charge is 2.26. The third-order valence-corrected chi connectivity index (χ3v) is 5.23. The summed E-state index contributed by atoms with van der Waals surface area (Å²) in [7, 11) is 0. The van der Waals surface area contributed by atoms with Crippen LogP contribution < -0.4 is 10.2 Å². The van der Waals surface area contributed by atoms with Crippen LogP contribution in [0.2, 0.25) is 0 Å². The van der Waals surface area contributed by atoms with Crippen LogP contribution in [0.5, 0.6) is 0 Å². The first-order chi connectivity index (χ1) is 12.8. The van der Waals surface area contributed by atoms with Crippen LogP contribution in [0.4, 0.5) is 11.8 Å². The van der Waals surface area contributed by atoms with Gasteiger partial charge in [0.25, 0.3) is 5.91 Å². The van der Waals surface area contributed by atoms with Crippen LogP contribution in [0, 0.1) is 0 Å². The lowest BCUT2D eigenvalue weighted by atomic mass is 10.2. The maximum Gasteiger partial charge on any atom is 0.280 e. The van der Waals surface area contributed by atoms with Gasteiger partial charge in [-0.2, -0.15) is 0 Å². The molecule has 0 radical (unpaired) electrons. The second-order valence-electron chi connectivity index (χ2n) is 5.94. The van der Waals surface area contributed by atoms with Crippen molar-refractivity contribution in [1.29, 1.82) is 0 Å². The van der Waals surface area contributed by atoms with E-state index in [1.807, 2.05) is 23.2 Å². The van der Waals surface area contributed by atoms with Crippen LogP contribution in [0.3, 0.4) is 0 Å². The first-order valence-electron chi connectivity index (χ1n) is 8.52. The molecule has 0 aliphatic carbocycles. The number of hydrogen-bond acceptors (Lipinski definition) is 7. The average Bonchev–Trinajstić information content (AvgIpc) is 3.14. The first kappa shape index (κ1) is 16.6. The summed E-state index contributed by atoms with van der Waals surface area (Å²) < 4.78 is 0. The highest BCUT2D eigenvalue weighted by molar-refractivity contribution is 7.14. The quantitative estimate of drug-likeness (QED) is 0.746. The summed E-state index contributed by atoms with van der Waals surface area (Å²) in [6, 6.07) is 5.68. The predicted octanol–water partition coefficient (Wildman–Crippen LogP) is 2.38. The molecule has 3 aromatic rings. The number of carbonyl (C=O) groups is 1. The van der Waals surface area contributed by atoms with Gasteiger partial charge in [0.15, 0.2) is 10.8 Å². The van der Waals surface area contributed by atoms with Gasteiger partial charge < -0.3 is 5.32 Å². The molecule has 0 unspecified atom stereocenters. The van der Waals surface area contributed by atoms with E-state index in [4.69, 9.17) is 0 Å². The van der Waals surface area contributed by atoms with E-state index in [1.165, 1.54) is 11.3 Å². The van der Waals surface area contributed by atoms with Crippen molar-refractivity contribution in [3.63, 3.8) is 0 Å². The van der Waals surface area contributed by atoms with Gasteiger partial charge in [-0.15, -0.1) is 11.3 Å². The molecular weight excluding hydrogens is 348 g/mol. The Labute approximate surface area is 155 Å². The van der Waals surface area contributed by atoms with E-state index in [2.05, 4.69) is 25.3 Å². The van der Waals surface area contributed by atoms with E-state index in [1.54, 1.807) is 24.7 Å². The molecule has 0 spiro atoms. The molecule has 3 aromatic heterocycles. The summed E-state index contributed by atoms with van der Waals surface area (Å²) in [5.41, 5.74) is 1.10. The van der Waals surface area contributed by atoms with Crippen molar-refractivity contribution >= 4 is 29.0 Å². The SMILES string of the molecule is O=C(NCCc1cccnc1)c1nc2c(s1)CCCN2c1ncccn1. The highest BCUT2D eigenvalue weighted by atomic mass is 32.1. The number of aryl methyl sites for hydroxylation is 1. The fourth-order valence-corrected chi connectivity index (χ4v) is 3.91. The van der Waals surface area contributed by atoms with Crippen LogP contribution >= 0.6 is 11.3 Å². The van der Waals surface area contributed by atoms with Crippen LogP contribution in [0.25, 0.3) is 0 Å². The van der Waals surface area contributed by atoms with E-state index in [-0.39, 0.29) is 5.91 Å². The molecule has 1 aliphatic heterocycles. The molecule has 1 N–H and O–H groups in total. The van der Waals surface area contributed by atoms with Crippen LogP contribution in [0.15, 0.2) is 43.0 Å². The Morgan fingerprint density at radius 1 is 1.23 bits per heavy atom. The van der Waals surface area contributed by atoms with Crippen molar-refractivity contribution in [3.05, 3.63) is 58.4 Å². The van der Waals surface area contributed by atoms with Gasteiger partial charge >= 0.3 is 0 Å². The number of pyridine rings is 1. The molecule has 26 heavy (non-hydrogen) atoms. The van der Waals surface area contributed by atoms with Crippen molar-refractivity contribution in [3.8, 4) is 0 Å². The number of aromatic nitrogens is 4. The van der Waals surface area contributed by atoms with E-state index in [0.29, 0.717) is 17.5 Å². The summed E-state index contributed by atoms with van der Waals surface area (Å²) >= 11 is 1.46. The maximum absolute atomic E-state index is 12.5. The number of amides is 1. The molecule has 7 nitrogen and oxygen atoms in total. The number of rotatable bonds is 5. The molecule has 0 aromatic carbocycles. The van der Waals surface area contributed by atoms with Crippen LogP contribution in [-0.2, 0) is 12.8 Å². The van der Waals surface area contributed by atoms with Crippen molar-refractivity contribution in [2.24, 2.45) is 0 Å². The Hall–Kier alpha value is -2.87. The predicted molar refractivity (Wildman–Crippen MR) is 99.7 cm³/mol. The Kier molecular flexibility index (Phi) is 4.83. The minimum absolute atomic E-state index is 0.137. The van der Waals surface area contributed by atoms with Gasteiger partial charge in [0.2, 0.25) is 5.95 Å². The lowest BCUT2D eigenvalue weighted by molar-refractivity contribution is 0.0954. The number of fused-ring (bicyclic) bond motifs is 1. The number of thiazole rings is 1. The molecule has 8 heteroatoms. The molecule has 1 amide bonds. The molecule has 1 aliphatic rings. The molecular formula is C18H18N6OS. The number of anilines is 2. The van der Waals surface area contributed by atoms with Gasteiger partial charge in [-0.25, -0.2) is 15.0 Å². The van der Waals surface area contributed by atoms with E-state index < -0.39 is 0 Å². The monoisotopic (exact) mass is 366 g/mol. The lowest BCUT2D eigenvalue weighted by Crippen LogP contribution is -2.27. The Morgan fingerprint density at radius 2 is 2.12 bits per heavy atom. The standard InChI is InChI=1S/C18H18N6OS/c25-16(20-10-6-13-4-1-7-19-12-13)17-23-15-14(26-17)5-2-11-24(15)18-21-8-3-9-22-18/h1,3-4,7-9,12H,2,5-6,10-11H2,(H,20,25). The summed E-state index contributed by atoms with van der Waals surface area (Å²) in [6.45, 7) is 1.36. The van der Waals surface area contributed by atoms with E-state index in [9.17, 15) is 4.79 Å². The second kappa shape index (κ2) is 7.57. The van der Waals surface area contributed by atoms with Gasteiger partial charge in [-0.05, 0) is 37.0 Å². The van der Waals surface area contributed by atoms with Gasteiger partial charge in [0, 0.05) is 42.8 Å². The first-order valence-corrected chi connectivity index (χ1v) is 9.34. The van der Waals surface area contributed by atoms with E-state index in [0.717, 1.165) is 42.1 Å². The second-order valence-corrected chi connectivity index (χ2v) is 7.02. The van der Waals surface area contributed by atoms with E-state index >= 15 is 0 Å². The van der Waals surface area contributed by atoms with Crippen molar-refractivity contribution in [1.82, 2.24) is 25.3 Å². The van der Waals surface area contributed by atoms with Crippen LogP contribution in [0.1, 0.15) is 26.7 Å². The average molecular weight is 366 g/mol. The summed E-state index contributed by atoms with van der Waals surface area (Å²) in [6.07, 6.45) is 9.66. The molecule has 0 fully saturated rings. The Balaban J connectivity index is 1.45. The number of nitrogens with zero attached hydrogens (tertiary/aromatic N) is 5. The van der Waals surface area contributed by atoms with Gasteiger partial charge in [0.1, 0.15) is 0 Å². The molecule has 0 atom stereocenters. The molecule has 0 saturated carbocycles. The lowest BCUT2D eigenvalue weighted by Gasteiger charge is -2.25. The normalized spacial score (nSPS) is 13.3. The van der Waals surface area contributed by atoms with Crippen LogP contribution in [-0.4, -0.2) is 38.9 Å². The highest BCUT2D eigenvalue weighted by Crippen LogP contribution is 2.34. The molecule has 0 bridgehead atoms. The fraction of sp³-hybridized carbons (Fsp3) is 0.278.